The summed E-state index contributed by atoms with van der Waals surface area (Å²) in [4.78, 5) is 0. The normalized spacial score (nSPS) is 14.9. The SMILES string of the molecule is COc1ccc(Br)c(-n2nnnc2C2CC2)c1. The average molecular weight is 295 g/mol. The Balaban J connectivity index is 2.10. The molecular formula is C11H11BrN4O. The van der Waals surface area contributed by atoms with Gasteiger partial charge in [-0.2, -0.15) is 4.68 Å². The van der Waals surface area contributed by atoms with Crippen LogP contribution in [-0.2, 0) is 0 Å². The van der Waals surface area contributed by atoms with Gasteiger partial charge in [-0.3, -0.25) is 0 Å². The van der Waals surface area contributed by atoms with Crippen molar-refractivity contribution in [2.75, 3.05) is 7.11 Å². The Labute approximate surface area is 107 Å². The zero-order chi connectivity index (χ0) is 11.8. The van der Waals surface area contributed by atoms with Gasteiger partial charge in [0.2, 0.25) is 0 Å². The zero-order valence-corrected chi connectivity index (χ0v) is 10.9. The standard InChI is InChI=1S/C11H11BrN4O/c1-17-8-4-5-9(12)10(6-8)16-11(7-2-3-7)13-14-15-16/h4-7H,2-3H2,1H3. The molecule has 0 radical (unpaired) electrons. The quantitative estimate of drug-likeness (QED) is 0.872. The first-order valence-corrected chi connectivity index (χ1v) is 6.21. The van der Waals surface area contributed by atoms with E-state index in [9.17, 15) is 0 Å². The monoisotopic (exact) mass is 294 g/mol. The highest BCUT2D eigenvalue weighted by Crippen LogP contribution is 2.40. The van der Waals surface area contributed by atoms with Crippen LogP contribution in [0.3, 0.4) is 0 Å². The van der Waals surface area contributed by atoms with E-state index in [-0.39, 0.29) is 0 Å². The number of hydrogen-bond donors (Lipinski definition) is 0. The van der Waals surface area contributed by atoms with E-state index in [0.29, 0.717) is 5.92 Å². The molecule has 88 valence electrons. The van der Waals surface area contributed by atoms with Gasteiger partial charge in [-0.05, 0) is 51.3 Å². The van der Waals surface area contributed by atoms with Crippen molar-refractivity contribution < 1.29 is 4.74 Å². The Morgan fingerprint density at radius 2 is 2.24 bits per heavy atom. The van der Waals surface area contributed by atoms with Crippen LogP contribution < -0.4 is 4.74 Å². The van der Waals surface area contributed by atoms with Crippen LogP contribution in [0.5, 0.6) is 5.75 Å². The number of halogens is 1. The van der Waals surface area contributed by atoms with Gasteiger partial charge in [-0.1, -0.05) is 0 Å². The molecule has 17 heavy (non-hydrogen) atoms. The van der Waals surface area contributed by atoms with Crippen LogP contribution in [0.4, 0.5) is 0 Å². The number of tetrazole rings is 1. The molecule has 0 saturated heterocycles. The van der Waals surface area contributed by atoms with Gasteiger partial charge in [0.1, 0.15) is 5.75 Å². The molecule has 0 aliphatic heterocycles. The van der Waals surface area contributed by atoms with Crippen molar-refractivity contribution in [1.29, 1.82) is 0 Å². The van der Waals surface area contributed by atoms with E-state index < -0.39 is 0 Å². The van der Waals surface area contributed by atoms with Crippen LogP contribution in [0.2, 0.25) is 0 Å². The van der Waals surface area contributed by atoms with E-state index >= 15 is 0 Å². The van der Waals surface area contributed by atoms with Gasteiger partial charge in [0.25, 0.3) is 0 Å². The van der Waals surface area contributed by atoms with Crippen LogP contribution in [-0.4, -0.2) is 27.3 Å². The molecule has 1 saturated carbocycles. The average Bonchev–Trinajstić information content (AvgIpc) is 3.08. The third-order valence-electron chi connectivity index (χ3n) is 2.82. The Bertz CT molecular complexity index is 550. The molecule has 1 aliphatic rings. The molecule has 0 bridgehead atoms. The minimum Gasteiger partial charge on any atom is -0.497 e. The highest BCUT2D eigenvalue weighted by molar-refractivity contribution is 9.10. The first-order chi connectivity index (χ1) is 8.29. The summed E-state index contributed by atoms with van der Waals surface area (Å²) in [6.07, 6.45) is 2.34. The summed E-state index contributed by atoms with van der Waals surface area (Å²) in [5, 5.41) is 11.9. The van der Waals surface area contributed by atoms with E-state index in [1.54, 1.807) is 11.8 Å². The van der Waals surface area contributed by atoms with Crippen molar-refractivity contribution >= 4 is 15.9 Å². The third-order valence-corrected chi connectivity index (χ3v) is 3.49. The number of nitrogens with zero attached hydrogens (tertiary/aromatic N) is 4. The smallest absolute Gasteiger partial charge is 0.159 e. The van der Waals surface area contributed by atoms with Crippen LogP contribution in [0.1, 0.15) is 24.6 Å². The van der Waals surface area contributed by atoms with Crippen LogP contribution in [0, 0.1) is 0 Å². The number of hydrogen-bond acceptors (Lipinski definition) is 4. The summed E-state index contributed by atoms with van der Waals surface area (Å²) >= 11 is 3.51. The van der Waals surface area contributed by atoms with E-state index in [4.69, 9.17) is 4.74 Å². The first-order valence-electron chi connectivity index (χ1n) is 5.42. The summed E-state index contributed by atoms with van der Waals surface area (Å²) in [6, 6.07) is 5.76. The lowest BCUT2D eigenvalue weighted by molar-refractivity contribution is 0.414. The second kappa shape index (κ2) is 4.10. The van der Waals surface area contributed by atoms with Crippen molar-refractivity contribution in [3.05, 3.63) is 28.5 Å². The van der Waals surface area contributed by atoms with Gasteiger partial charge in [0, 0.05) is 16.5 Å². The largest absolute Gasteiger partial charge is 0.497 e. The molecule has 6 heteroatoms. The zero-order valence-electron chi connectivity index (χ0n) is 9.30. The molecule has 1 fully saturated rings. The van der Waals surface area contributed by atoms with E-state index in [1.807, 2.05) is 18.2 Å². The number of ether oxygens (including phenoxy) is 1. The van der Waals surface area contributed by atoms with Gasteiger partial charge >= 0.3 is 0 Å². The lowest BCUT2D eigenvalue weighted by Gasteiger charge is -2.08. The topological polar surface area (TPSA) is 52.8 Å². The molecule has 1 heterocycles. The number of methoxy groups -OCH3 is 1. The highest BCUT2D eigenvalue weighted by Gasteiger charge is 2.30. The summed E-state index contributed by atoms with van der Waals surface area (Å²) < 4.78 is 7.95. The first kappa shape index (κ1) is 10.7. The molecule has 0 spiro atoms. The van der Waals surface area contributed by atoms with E-state index in [0.717, 1.165) is 21.7 Å². The molecule has 1 aromatic heterocycles. The van der Waals surface area contributed by atoms with Gasteiger partial charge in [-0.25, -0.2) is 0 Å². The summed E-state index contributed by atoms with van der Waals surface area (Å²) in [5.74, 6) is 2.22. The Morgan fingerprint density at radius 3 is 2.94 bits per heavy atom. The Hall–Kier alpha value is -1.43. The van der Waals surface area contributed by atoms with Crippen molar-refractivity contribution in [1.82, 2.24) is 20.2 Å². The number of rotatable bonds is 3. The highest BCUT2D eigenvalue weighted by atomic mass is 79.9. The van der Waals surface area contributed by atoms with Crippen molar-refractivity contribution in [2.45, 2.75) is 18.8 Å². The summed E-state index contributed by atoms with van der Waals surface area (Å²) in [6.45, 7) is 0. The fourth-order valence-corrected chi connectivity index (χ4v) is 2.16. The number of aromatic nitrogens is 4. The Morgan fingerprint density at radius 1 is 1.41 bits per heavy atom. The fraction of sp³-hybridized carbons (Fsp3) is 0.364. The third kappa shape index (κ3) is 1.93. The molecule has 0 amide bonds. The minimum atomic E-state index is 0.503. The van der Waals surface area contributed by atoms with Crippen LogP contribution in [0.25, 0.3) is 5.69 Å². The van der Waals surface area contributed by atoms with Gasteiger partial charge in [0.15, 0.2) is 5.82 Å². The maximum absolute atomic E-state index is 5.22. The lowest BCUT2D eigenvalue weighted by Crippen LogP contribution is -2.03. The second-order valence-electron chi connectivity index (χ2n) is 4.04. The number of benzene rings is 1. The second-order valence-corrected chi connectivity index (χ2v) is 4.89. The molecule has 2 aromatic rings. The Kier molecular flexibility index (Phi) is 2.58. The molecule has 3 rings (SSSR count). The van der Waals surface area contributed by atoms with Crippen molar-refractivity contribution in [2.24, 2.45) is 0 Å². The predicted octanol–water partition coefficient (Wildman–Crippen LogP) is 2.31. The molecule has 1 aromatic carbocycles. The molecule has 0 atom stereocenters. The summed E-state index contributed by atoms with van der Waals surface area (Å²) in [7, 11) is 1.65. The van der Waals surface area contributed by atoms with E-state index in [2.05, 4.69) is 31.5 Å². The molecule has 0 unspecified atom stereocenters. The minimum absolute atomic E-state index is 0.503. The van der Waals surface area contributed by atoms with Crippen LogP contribution >= 0.6 is 15.9 Å². The van der Waals surface area contributed by atoms with Crippen LogP contribution in [0.15, 0.2) is 22.7 Å². The molecule has 0 N–H and O–H groups in total. The van der Waals surface area contributed by atoms with Crippen molar-refractivity contribution in [3.8, 4) is 11.4 Å². The van der Waals surface area contributed by atoms with Gasteiger partial charge < -0.3 is 4.74 Å². The summed E-state index contributed by atoms with van der Waals surface area (Å²) in [5.41, 5.74) is 0.913. The molecule has 5 nitrogen and oxygen atoms in total. The molecule has 1 aliphatic carbocycles. The van der Waals surface area contributed by atoms with Crippen molar-refractivity contribution in [3.63, 3.8) is 0 Å². The fourth-order valence-electron chi connectivity index (χ4n) is 1.74. The lowest BCUT2D eigenvalue weighted by atomic mass is 10.3. The molecular weight excluding hydrogens is 284 g/mol. The van der Waals surface area contributed by atoms with Gasteiger partial charge in [-0.15, -0.1) is 5.10 Å². The van der Waals surface area contributed by atoms with Gasteiger partial charge in [0.05, 0.1) is 12.8 Å². The maximum Gasteiger partial charge on any atom is 0.159 e. The predicted molar refractivity (Wildman–Crippen MR) is 65.4 cm³/mol. The van der Waals surface area contributed by atoms with E-state index in [1.165, 1.54) is 12.8 Å². The maximum atomic E-state index is 5.22.